The van der Waals surface area contributed by atoms with Gasteiger partial charge in [0.1, 0.15) is 0 Å². The third-order valence-corrected chi connectivity index (χ3v) is 8.31. The molecular formula is C31H42ClN3O3. The number of carbonyl (C=O) groups excluding carboxylic acids is 1. The lowest BCUT2D eigenvalue weighted by molar-refractivity contribution is -0.0826. The molecule has 3 atom stereocenters. The first kappa shape index (κ1) is 28.4. The average Bonchev–Trinajstić information content (AvgIpc) is 3.22. The Balaban J connectivity index is 1.59. The maximum Gasteiger partial charge on any atom is 0.510 e. The van der Waals surface area contributed by atoms with Crippen LogP contribution in [0.4, 0.5) is 4.79 Å². The number of rotatable bonds is 9. The molecular weight excluding hydrogens is 498 g/mol. The summed E-state index contributed by atoms with van der Waals surface area (Å²) in [4.78, 5) is 22.0. The van der Waals surface area contributed by atoms with E-state index in [9.17, 15) is 4.79 Å². The number of carbonyl (C=O) groups is 1. The number of nitrogens with zero attached hydrogens (tertiary/aromatic N) is 3. The molecule has 0 aromatic heterocycles. The van der Waals surface area contributed by atoms with Crippen molar-refractivity contribution in [3.8, 4) is 0 Å². The van der Waals surface area contributed by atoms with Gasteiger partial charge < -0.3 is 19.3 Å². The highest BCUT2D eigenvalue weighted by atomic mass is 35.5. The van der Waals surface area contributed by atoms with Gasteiger partial charge in [-0.2, -0.15) is 0 Å². The molecule has 2 aromatic rings. The third kappa shape index (κ3) is 6.52. The minimum absolute atomic E-state index is 0.0431. The summed E-state index contributed by atoms with van der Waals surface area (Å²) in [6.45, 7) is 5.03. The zero-order chi connectivity index (χ0) is 27.3. The van der Waals surface area contributed by atoms with Crippen LogP contribution in [-0.2, 0) is 16.0 Å². The minimum atomic E-state index is -0.954. The van der Waals surface area contributed by atoms with Gasteiger partial charge in [-0.15, -0.1) is 0 Å². The average molecular weight is 540 g/mol. The molecule has 206 valence electrons. The molecule has 4 rings (SSSR count). The lowest BCUT2D eigenvalue weighted by atomic mass is 9.71. The molecule has 1 aliphatic heterocycles. The topological polar surface area (TPSA) is 54.4 Å². The van der Waals surface area contributed by atoms with Gasteiger partial charge in [0.25, 0.3) is 0 Å². The monoisotopic (exact) mass is 539 g/mol. The number of hydrogen-bond donors (Lipinski definition) is 0. The van der Waals surface area contributed by atoms with Gasteiger partial charge in [-0.1, -0.05) is 67.9 Å². The van der Waals surface area contributed by atoms with Crippen molar-refractivity contribution in [3.05, 3.63) is 70.7 Å². The summed E-state index contributed by atoms with van der Waals surface area (Å²) in [6.07, 6.45) is 6.19. The highest BCUT2D eigenvalue weighted by Crippen LogP contribution is 2.46. The largest absolute Gasteiger partial charge is 0.510 e. The molecule has 6 nitrogen and oxygen atoms in total. The fourth-order valence-corrected chi connectivity index (χ4v) is 6.78. The van der Waals surface area contributed by atoms with Gasteiger partial charge in [-0.25, -0.2) is 9.79 Å². The Hall–Kier alpha value is -2.57. The van der Waals surface area contributed by atoms with Crippen molar-refractivity contribution >= 4 is 24.1 Å². The first-order valence-corrected chi connectivity index (χ1v) is 14.1. The molecule has 1 heterocycles. The fraction of sp³-hybridized carbons (Fsp3) is 0.548. The van der Waals surface area contributed by atoms with Crippen LogP contribution in [-0.4, -0.2) is 55.3 Å². The molecule has 0 radical (unpaired) electrons. The van der Waals surface area contributed by atoms with Gasteiger partial charge in [0.2, 0.25) is 5.72 Å². The number of aliphatic imine (C=N–C) groups is 1. The summed E-state index contributed by atoms with van der Waals surface area (Å²) in [7, 11) is 5.69. The first-order chi connectivity index (χ1) is 18.2. The number of benzene rings is 2. The normalized spacial score (nSPS) is 26.1. The van der Waals surface area contributed by atoms with Crippen LogP contribution < -0.4 is 0 Å². The third-order valence-electron chi connectivity index (χ3n) is 8.06. The van der Waals surface area contributed by atoms with Crippen molar-refractivity contribution in [2.45, 2.75) is 70.3 Å². The molecule has 0 spiro atoms. The zero-order valence-corrected chi connectivity index (χ0v) is 24.1. The predicted octanol–water partition coefficient (Wildman–Crippen LogP) is 7.19. The first-order valence-electron chi connectivity index (χ1n) is 13.8. The molecule has 2 aromatic carbocycles. The van der Waals surface area contributed by atoms with E-state index in [1.165, 1.54) is 18.2 Å². The second-order valence-electron chi connectivity index (χ2n) is 11.5. The Morgan fingerprint density at radius 1 is 1.08 bits per heavy atom. The Bertz CT molecular complexity index is 1070. The van der Waals surface area contributed by atoms with E-state index in [1.807, 2.05) is 24.5 Å². The number of methoxy groups -OCH3 is 1. The van der Waals surface area contributed by atoms with Crippen molar-refractivity contribution in [1.82, 2.24) is 9.80 Å². The molecule has 7 heteroatoms. The molecule has 0 saturated heterocycles. The molecule has 0 bridgehead atoms. The van der Waals surface area contributed by atoms with E-state index < -0.39 is 11.9 Å². The highest BCUT2D eigenvalue weighted by molar-refractivity contribution is 6.30. The van der Waals surface area contributed by atoms with Crippen LogP contribution in [0.15, 0.2) is 59.6 Å². The SMILES string of the molecule is COC(=O)OC1(CC(C)C)N=CN(Cc2ccccc2)C1C1CCC(C(c2ccc(Cl)cc2)N(C)C)CC1. The van der Waals surface area contributed by atoms with Crippen LogP contribution in [0.5, 0.6) is 0 Å². The second kappa shape index (κ2) is 12.5. The molecule has 2 aliphatic rings. The molecule has 1 aliphatic carbocycles. The van der Waals surface area contributed by atoms with Crippen LogP contribution in [0, 0.1) is 17.8 Å². The van der Waals surface area contributed by atoms with Gasteiger partial charge in [-0.3, -0.25) is 0 Å². The maximum atomic E-state index is 12.5. The summed E-state index contributed by atoms with van der Waals surface area (Å²) in [5, 5.41) is 0.766. The van der Waals surface area contributed by atoms with E-state index in [-0.39, 0.29) is 6.04 Å². The van der Waals surface area contributed by atoms with Gasteiger partial charge in [0, 0.05) is 24.0 Å². The molecule has 3 unspecified atom stereocenters. The van der Waals surface area contributed by atoms with Crippen molar-refractivity contribution in [3.63, 3.8) is 0 Å². The summed E-state index contributed by atoms with van der Waals surface area (Å²) >= 11 is 6.18. The quantitative estimate of drug-likeness (QED) is 0.316. The smallest absolute Gasteiger partial charge is 0.438 e. The second-order valence-corrected chi connectivity index (χ2v) is 11.9. The standard InChI is InChI=1S/C31H42ClN3O3/c1-22(2)19-31(38-30(36)37-5)29(35(21-33-31)20-23-9-7-6-8-10-23)26-13-11-24(12-14-26)28(34(3)4)25-15-17-27(32)18-16-25/h6-10,15-18,21-22,24,26,28-29H,11-14,19-20H2,1-5H3. The van der Waals surface area contributed by atoms with Gasteiger partial charge >= 0.3 is 6.16 Å². The molecule has 38 heavy (non-hydrogen) atoms. The molecule has 0 N–H and O–H groups in total. The number of ether oxygens (including phenoxy) is 2. The summed E-state index contributed by atoms with van der Waals surface area (Å²) in [5.74, 6) is 1.18. The van der Waals surface area contributed by atoms with E-state index >= 15 is 0 Å². The number of hydrogen-bond acceptors (Lipinski definition) is 6. The van der Waals surface area contributed by atoms with E-state index in [2.05, 4.69) is 74.1 Å². The van der Waals surface area contributed by atoms with Crippen LogP contribution in [0.25, 0.3) is 0 Å². The van der Waals surface area contributed by atoms with E-state index in [0.29, 0.717) is 30.2 Å². The van der Waals surface area contributed by atoms with E-state index in [0.717, 1.165) is 37.3 Å². The fourth-order valence-electron chi connectivity index (χ4n) is 6.65. The van der Waals surface area contributed by atoms with E-state index in [4.69, 9.17) is 26.1 Å². The van der Waals surface area contributed by atoms with Crippen molar-refractivity contribution in [2.24, 2.45) is 22.7 Å². The Morgan fingerprint density at radius 3 is 2.32 bits per heavy atom. The van der Waals surface area contributed by atoms with Gasteiger partial charge in [0.15, 0.2) is 0 Å². The Morgan fingerprint density at radius 2 is 1.74 bits per heavy atom. The van der Waals surface area contributed by atoms with Crippen LogP contribution in [0.1, 0.15) is 63.1 Å². The van der Waals surface area contributed by atoms with Crippen molar-refractivity contribution in [1.29, 1.82) is 0 Å². The molecule has 0 amide bonds. The summed E-state index contributed by atoms with van der Waals surface area (Å²) in [6, 6.07) is 19.0. The van der Waals surface area contributed by atoms with Gasteiger partial charge in [-0.05, 0) is 80.8 Å². The van der Waals surface area contributed by atoms with Crippen LogP contribution >= 0.6 is 11.6 Å². The highest BCUT2D eigenvalue weighted by Gasteiger charge is 2.53. The summed E-state index contributed by atoms with van der Waals surface area (Å²) in [5.41, 5.74) is 1.57. The summed E-state index contributed by atoms with van der Waals surface area (Å²) < 4.78 is 11.0. The maximum absolute atomic E-state index is 12.5. The lowest BCUT2D eigenvalue weighted by Gasteiger charge is -2.45. The van der Waals surface area contributed by atoms with Crippen LogP contribution in [0.2, 0.25) is 5.02 Å². The van der Waals surface area contributed by atoms with Crippen molar-refractivity contribution < 1.29 is 14.3 Å². The predicted molar refractivity (Wildman–Crippen MR) is 153 cm³/mol. The van der Waals surface area contributed by atoms with Crippen LogP contribution in [0.3, 0.4) is 0 Å². The molecule has 1 fully saturated rings. The number of halogens is 1. The zero-order valence-electron chi connectivity index (χ0n) is 23.3. The Labute approximate surface area is 233 Å². The Kier molecular flexibility index (Phi) is 9.37. The van der Waals surface area contributed by atoms with Gasteiger partial charge in [0.05, 0.1) is 19.5 Å². The van der Waals surface area contributed by atoms with E-state index in [1.54, 1.807) is 0 Å². The molecule has 1 saturated carbocycles. The minimum Gasteiger partial charge on any atom is -0.438 e. The lowest BCUT2D eigenvalue weighted by Crippen LogP contribution is -2.54. The van der Waals surface area contributed by atoms with Crippen molar-refractivity contribution in [2.75, 3.05) is 21.2 Å².